The van der Waals surface area contributed by atoms with Crippen molar-refractivity contribution in [1.82, 2.24) is 25.2 Å². The molecule has 9 heteroatoms. The molecule has 0 bridgehead atoms. The number of aromatic nitrogens is 3. The largest absolute Gasteiger partial charge is 0.476 e. The second-order valence-corrected chi connectivity index (χ2v) is 6.43. The predicted octanol–water partition coefficient (Wildman–Crippen LogP) is 0.953. The number of aromatic carboxylic acids is 1. The van der Waals surface area contributed by atoms with Crippen molar-refractivity contribution >= 4 is 12.1 Å². The Labute approximate surface area is 135 Å². The summed E-state index contributed by atoms with van der Waals surface area (Å²) in [5, 5.41) is 19.3. The molecule has 9 nitrogen and oxygen atoms in total. The lowest BCUT2D eigenvalue weighted by molar-refractivity contribution is 0.0519. The van der Waals surface area contributed by atoms with Crippen molar-refractivity contribution < 1.29 is 19.4 Å². The molecule has 1 aromatic rings. The highest BCUT2D eigenvalue weighted by atomic mass is 16.6. The molecule has 0 aromatic carbocycles. The van der Waals surface area contributed by atoms with Crippen LogP contribution in [-0.2, 0) is 17.8 Å². The number of nitrogens with one attached hydrogen (secondary N) is 1. The number of carboxylic acid groups (broad SMARTS) is 1. The van der Waals surface area contributed by atoms with E-state index in [1.54, 1.807) is 20.8 Å². The minimum absolute atomic E-state index is 0.00842. The summed E-state index contributed by atoms with van der Waals surface area (Å²) in [6.07, 6.45) is 0.171. The third-order valence-electron chi connectivity index (χ3n) is 2.81. The number of carboxylic acids is 1. The van der Waals surface area contributed by atoms with Crippen LogP contribution < -0.4 is 5.32 Å². The van der Waals surface area contributed by atoms with Crippen LogP contribution in [0.15, 0.2) is 0 Å². The van der Waals surface area contributed by atoms with Crippen LogP contribution in [0, 0.1) is 0 Å². The molecule has 0 spiro atoms. The molecule has 130 valence electrons. The highest BCUT2D eigenvalue weighted by Gasteiger charge is 2.21. The van der Waals surface area contributed by atoms with E-state index in [9.17, 15) is 14.7 Å². The molecule has 0 aliphatic rings. The van der Waals surface area contributed by atoms with Crippen LogP contribution in [0.3, 0.4) is 0 Å². The maximum atomic E-state index is 11.7. The standard InChI is InChI=1S/C14H25N5O4/c1-14(2,3)23-13(22)15-9-10-11(12(20)21)16-17-19(10)8-6-7-18(4)5/h6-9H2,1-5H3,(H,15,22)(H,20,21). The van der Waals surface area contributed by atoms with E-state index < -0.39 is 17.7 Å². The quantitative estimate of drug-likeness (QED) is 0.767. The van der Waals surface area contributed by atoms with Crippen molar-refractivity contribution in [2.24, 2.45) is 0 Å². The molecule has 0 saturated heterocycles. The van der Waals surface area contributed by atoms with Gasteiger partial charge in [0, 0.05) is 6.54 Å². The highest BCUT2D eigenvalue weighted by Crippen LogP contribution is 2.09. The van der Waals surface area contributed by atoms with Crippen LogP contribution in [0.25, 0.3) is 0 Å². The van der Waals surface area contributed by atoms with Crippen LogP contribution in [0.5, 0.6) is 0 Å². The van der Waals surface area contributed by atoms with E-state index in [1.165, 1.54) is 4.68 Å². The van der Waals surface area contributed by atoms with Crippen LogP contribution in [0.4, 0.5) is 4.79 Å². The van der Waals surface area contributed by atoms with Crippen molar-refractivity contribution in [2.75, 3.05) is 20.6 Å². The number of amides is 1. The van der Waals surface area contributed by atoms with E-state index in [-0.39, 0.29) is 12.2 Å². The van der Waals surface area contributed by atoms with Crippen molar-refractivity contribution in [1.29, 1.82) is 0 Å². The average Bonchev–Trinajstić information content (AvgIpc) is 2.77. The van der Waals surface area contributed by atoms with Gasteiger partial charge in [-0.25, -0.2) is 14.3 Å². The Morgan fingerprint density at radius 3 is 2.52 bits per heavy atom. The molecule has 1 aromatic heterocycles. The Bertz CT molecular complexity index is 548. The number of nitrogens with zero attached hydrogens (tertiary/aromatic N) is 4. The average molecular weight is 327 g/mol. The molecule has 0 aliphatic heterocycles. The second kappa shape index (κ2) is 7.91. The molecule has 1 rings (SSSR count). The zero-order valence-electron chi connectivity index (χ0n) is 14.3. The third kappa shape index (κ3) is 6.64. The lowest BCUT2D eigenvalue weighted by Crippen LogP contribution is -2.33. The Kier molecular flexibility index (Phi) is 6.49. The Hall–Kier alpha value is -2.16. The molecular weight excluding hydrogens is 302 g/mol. The zero-order chi connectivity index (χ0) is 17.6. The molecule has 0 radical (unpaired) electrons. The molecular formula is C14H25N5O4. The maximum Gasteiger partial charge on any atom is 0.407 e. The van der Waals surface area contributed by atoms with Gasteiger partial charge in [-0.1, -0.05) is 5.21 Å². The van der Waals surface area contributed by atoms with Crippen molar-refractivity contribution in [2.45, 2.75) is 45.9 Å². The van der Waals surface area contributed by atoms with Crippen LogP contribution >= 0.6 is 0 Å². The van der Waals surface area contributed by atoms with Crippen molar-refractivity contribution in [3.05, 3.63) is 11.4 Å². The Morgan fingerprint density at radius 1 is 1.35 bits per heavy atom. The van der Waals surface area contributed by atoms with E-state index in [1.807, 2.05) is 19.0 Å². The lowest BCUT2D eigenvalue weighted by atomic mass is 10.2. The lowest BCUT2D eigenvalue weighted by Gasteiger charge is -2.19. The Balaban J connectivity index is 2.75. The van der Waals surface area contributed by atoms with Gasteiger partial charge < -0.3 is 20.1 Å². The number of aryl methyl sites for hydroxylation is 1. The number of ether oxygens (including phenoxy) is 1. The smallest absolute Gasteiger partial charge is 0.407 e. The number of carbonyl (C=O) groups is 2. The SMILES string of the molecule is CN(C)CCCn1nnc(C(=O)O)c1CNC(=O)OC(C)(C)C. The third-order valence-corrected chi connectivity index (χ3v) is 2.81. The summed E-state index contributed by atoms with van der Waals surface area (Å²) < 4.78 is 6.64. The summed E-state index contributed by atoms with van der Waals surface area (Å²) in [6.45, 7) is 6.60. The summed E-state index contributed by atoms with van der Waals surface area (Å²) in [6, 6.07) is 0. The van der Waals surface area contributed by atoms with Gasteiger partial charge in [-0.3, -0.25) is 0 Å². The predicted molar refractivity (Wildman–Crippen MR) is 83.2 cm³/mol. The Morgan fingerprint density at radius 2 is 2.00 bits per heavy atom. The summed E-state index contributed by atoms with van der Waals surface area (Å²) in [5.41, 5.74) is -0.433. The fourth-order valence-electron chi connectivity index (χ4n) is 1.86. The van der Waals surface area contributed by atoms with Gasteiger partial charge in [-0.15, -0.1) is 5.10 Å². The number of hydrogen-bond donors (Lipinski definition) is 2. The normalized spacial score (nSPS) is 11.6. The van der Waals surface area contributed by atoms with Gasteiger partial charge in [0.1, 0.15) is 5.60 Å². The first-order valence-corrected chi connectivity index (χ1v) is 7.37. The number of carbonyl (C=O) groups excluding carboxylic acids is 1. The van der Waals surface area contributed by atoms with Crippen LogP contribution in [0.2, 0.25) is 0 Å². The molecule has 23 heavy (non-hydrogen) atoms. The van der Waals surface area contributed by atoms with E-state index in [4.69, 9.17) is 4.74 Å². The first kappa shape index (κ1) is 18.9. The van der Waals surface area contributed by atoms with Crippen molar-refractivity contribution in [3.63, 3.8) is 0 Å². The summed E-state index contributed by atoms with van der Waals surface area (Å²) in [4.78, 5) is 25.0. The van der Waals surface area contributed by atoms with Gasteiger partial charge in [0.25, 0.3) is 0 Å². The number of hydrogen-bond acceptors (Lipinski definition) is 6. The van der Waals surface area contributed by atoms with Gasteiger partial charge in [-0.2, -0.15) is 0 Å². The summed E-state index contributed by atoms with van der Waals surface area (Å²) in [7, 11) is 3.91. The first-order valence-electron chi connectivity index (χ1n) is 7.37. The second-order valence-electron chi connectivity index (χ2n) is 6.43. The van der Waals surface area contributed by atoms with E-state index in [2.05, 4.69) is 15.6 Å². The van der Waals surface area contributed by atoms with Crippen LogP contribution in [-0.4, -0.2) is 63.3 Å². The molecule has 0 fully saturated rings. The van der Waals surface area contributed by atoms with E-state index in [0.717, 1.165) is 13.0 Å². The topological polar surface area (TPSA) is 110 Å². The summed E-state index contributed by atoms with van der Waals surface area (Å²) in [5.74, 6) is -1.18. The van der Waals surface area contributed by atoms with Gasteiger partial charge in [0.05, 0.1) is 12.2 Å². The molecule has 1 amide bonds. The fraction of sp³-hybridized carbons (Fsp3) is 0.714. The van der Waals surface area contributed by atoms with Crippen LogP contribution in [0.1, 0.15) is 43.4 Å². The van der Waals surface area contributed by atoms with E-state index >= 15 is 0 Å². The zero-order valence-corrected chi connectivity index (χ0v) is 14.3. The van der Waals surface area contributed by atoms with Gasteiger partial charge in [-0.05, 0) is 47.8 Å². The molecule has 2 N–H and O–H groups in total. The van der Waals surface area contributed by atoms with Gasteiger partial charge in [0.15, 0.2) is 5.69 Å². The first-order chi connectivity index (χ1) is 10.6. The monoisotopic (exact) mass is 327 g/mol. The van der Waals surface area contributed by atoms with E-state index in [0.29, 0.717) is 12.2 Å². The number of rotatable bonds is 7. The highest BCUT2D eigenvalue weighted by molar-refractivity contribution is 5.86. The molecule has 0 aliphatic carbocycles. The summed E-state index contributed by atoms with van der Waals surface area (Å²) >= 11 is 0. The van der Waals surface area contributed by atoms with Crippen molar-refractivity contribution in [3.8, 4) is 0 Å². The molecule has 0 atom stereocenters. The van der Waals surface area contributed by atoms with Gasteiger partial charge >= 0.3 is 12.1 Å². The van der Waals surface area contributed by atoms with Gasteiger partial charge in [0.2, 0.25) is 0 Å². The number of alkyl carbamates (subject to hydrolysis) is 1. The minimum Gasteiger partial charge on any atom is -0.476 e. The minimum atomic E-state index is -1.18. The molecule has 0 unspecified atom stereocenters. The molecule has 1 heterocycles. The maximum absolute atomic E-state index is 11.7. The fourth-order valence-corrected chi connectivity index (χ4v) is 1.86. The molecule has 0 saturated carbocycles.